The smallest absolute Gasteiger partial charge is 0.141 e. The second-order valence-corrected chi connectivity index (χ2v) is 10.0. The van der Waals surface area contributed by atoms with Crippen molar-refractivity contribution in [1.29, 1.82) is 0 Å². The van der Waals surface area contributed by atoms with Crippen LogP contribution in [0, 0.1) is 0 Å². The molecule has 0 bridgehead atoms. The van der Waals surface area contributed by atoms with E-state index < -0.39 is 0 Å². The molecule has 1 saturated heterocycles. The van der Waals surface area contributed by atoms with Crippen molar-refractivity contribution in [3.05, 3.63) is 16.3 Å². The average molecular weight is 399 g/mol. The summed E-state index contributed by atoms with van der Waals surface area (Å²) < 4.78 is 0. The Morgan fingerprint density at radius 3 is 2.54 bits per heavy atom. The van der Waals surface area contributed by atoms with Crippen LogP contribution in [0.4, 0.5) is 5.82 Å². The van der Waals surface area contributed by atoms with Gasteiger partial charge in [-0.1, -0.05) is 26.2 Å². The largest absolute Gasteiger partial charge is 0.353 e. The molecule has 3 aliphatic rings. The fourth-order valence-corrected chi connectivity index (χ4v) is 6.70. The number of hydrogen-bond donors (Lipinski definition) is 0. The van der Waals surface area contributed by atoms with Crippen LogP contribution >= 0.6 is 11.3 Å². The van der Waals surface area contributed by atoms with E-state index in [1.807, 2.05) is 11.3 Å². The lowest BCUT2D eigenvalue weighted by atomic mass is 9.96. The van der Waals surface area contributed by atoms with Crippen molar-refractivity contribution in [3.63, 3.8) is 0 Å². The van der Waals surface area contributed by atoms with E-state index in [-0.39, 0.29) is 0 Å². The standard InChI is InChI=1S/C23H34N4S/c1-2-3-12-20-24-22(21-18-10-6-7-11-19(18)28-23(21)25-20)27-15-13-26(14-16-27)17-8-4-5-9-17/h17H,2-16H2,1H3. The Kier molecular flexibility index (Phi) is 5.56. The van der Waals surface area contributed by atoms with Gasteiger partial charge < -0.3 is 4.90 Å². The number of unbranched alkanes of at least 4 members (excludes halogenated alkanes) is 1. The number of piperazine rings is 1. The Morgan fingerprint density at radius 1 is 0.964 bits per heavy atom. The number of aromatic nitrogens is 2. The first-order valence-corrected chi connectivity index (χ1v) is 12.5. The fraction of sp³-hybridized carbons (Fsp3) is 0.739. The second-order valence-electron chi connectivity index (χ2n) is 8.92. The summed E-state index contributed by atoms with van der Waals surface area (Å²) in [5, 5.41) is 1.41. The third-order valence-electron chi connectivity index (χ3n) is 7.05. The normalized spacial score (nSPS) is 21.5. The molecule has 28 heavy (non-hydrogen) atoms. The molecular weight excluding hydrogens is 364 g/mol. The molecular formula is C23H34N4S. The monoisotopic (exact) mass is 398 g/mol. The minimum Gasteiger partial charge on any atom is -0.353 e. The lowest BCUT2D eigenvalue weighted by Crippen LogP contribution is -2.50. The van der Waals surface area contributed by atoms with Crippen LogP contribution in [-0.2, 0) is 19.3 Å². The maximum absolute atomic E-state index is 5.17. The van der Waals surface area contributed by atoms with E-state index in [2.05, 4.69) is 16.7 Å². The van der Waals surface area contributed by atoms with Crippen LogP contribution in [0.2, 0.25) is 0 Å². The van der Waals surface area contributed by atoms with E-state index in [1.165, 1.54) is 93.3 Å². The zero-order valence-corrected chi connectivity index (χ0v) is 18.2. The highest BCUT2D eigenvalue weighted by Crippen LogP contribution is 2.40. The Morgan fingerprint density at radius 2 is 1.75 bits per heavy atom. The molecule has 0 unspecified atom stereocenters. The molecule has 0 radical (unpaired) electrons. The minimum absolute atomic E-state index is 0.849. The summed E-state index contributed by atoms with van der Waals surface area (Å²) in [6.07, 6.45) is 14.2. The quantitative estimate of drug-likeness (QED) is 0.711. The van der Waals surface area contributed by atoms with Gasteiger partial charge in [0.2, 0.25) is 0 Å². The summed E-state index contributed by atoms with van der Waals surface area (Å²) in [6, 6.07) is 0.849. The van der Waals surface area contributed by atoms with Gasteiger partial charge in [0.05, 0.1) is 5.39 Å². The molecule has 4 nitrogen and oxygen atoms in total. The van der Waals surface area contributed by atoms with Crippen molar-refractivity contribution in [2.24, 2.45) is 0 Å². The molecule has 2 aliphatic carbocycles. The van der Waals surface area contributed by atoms with Crippen molar-refractivity contribution in [1.82, 2.24) is 14.9 Å². The van der Waals surface area contributed by atoms with Gasteiger partial charge in [-0.05, 0) is 50.5 Å². The van der Waals surface area contributed by atoms with E-state index in [9.17, 15) is 0 Å². The van der Waals surface area contributed by atoms with Gasteiger partial charge in [0, 0.05) is 43.5 Å². The van der Waals surface area contributed by atoms with Crippen molar-refractivity contribution in [2.45, 2.75) is 83.6 Å². The summed E-state index contributed by atoms with van der Waals surface area (Å²) in [5.74, 6) is 2.34. The third kappa shape index (κ3) is 3.56. The lowest BCUT2D eigenvalue weighted by molar-refractivity contribution is 0.187. The molecule has 152 valence electrons. The van der Waals surface area contributed by atoms with E-state index >= 15 is 0 Å². The summed E-state index contributed by atoms with van der Waals surface area (Å²) in [7, 11) is 0. The van der Waals surface area contributed by atoms with Gasteiger partial charge >= 0.3 is 0 Å². The molecule has 0 N–H and O–H groups in total. The van der Waals surface area contributed by atoms with Crippen LogP contribution in [0.15, 0.2) is 0 Å². The lowest BCUT2D eigenvalue weighted by Gasteiger charge is -2.39. The predicted octanol–water partition coefficient (Wildman–Crippen LogP) is 4.98. The van der Waals surface area contributed by atoms with Gasteiger partial charge in [-0.3, -0.25) is 4.90 Å². The van der Waals surface area contributed by atoms with Crippen LogP contribution in [0.5, 0.6) is 0 Å². The van der Waals surface area contributed by atoms with Crippen LogP contribution in [0.1, 0.15) is 74.6 Å². The van der Waals surface area contributed by atoms with Gasteiger partial charge in [0.1, 0.15) is 16.5 Å². The van der Waals surface area contributed by atoms with Crippen molar-refractivity contribution < 1.29 is 0 Å². The molecule has 2 aromatic heterocycles. The van der Waals surface area contributed by atoms with Crippen molar-refractivity contribution >= 4 is 27.4 Å². The summed E-state index contributed by atoms with van der Waals surface area (Å²) in [6.45, 7) is 6.91. The molecule has 2 fully saturated rings. The van der Waals surface area contributed by atoms with E-state index in [0.717, 1.165) is 31.4 Å². The Balaban J connectivity index is 1.45. The van der Waals surface area contributed by atoms with Gasteiger partial charge in [0.15, 0.2) is 0 Å². The Bertz CT molecular complexity index is 816. The van der Waals surface area contributed by atoms with Crippen LogP contribution in [-0.4, -0.2) is 47.1 Å². The number of anilines is 1. The molecule has 3 heterocycles. The predicted molar refractivity (Wildman–Crippen MR) is 119 cm³/mol. The maximum atomic E-state index is 5.17. The summed E-state index contributed by atoms with van der Waals surface area (Å²) >= 11 is 1.96. The Hall–Kier alpha value is -1.20. The van der Waals surface area contributed by atoms with Crippen molar-refractivity contribution in [3.8, 4) is 0 Å². The van der Waals surface area contributed by atoms with Crippen molar-refractivity contribution in [2.75, 3.05) is 31.1 Å². The number of fused-ring (bicyclic) bond motifs is 3. The Labute approximate surface area is 173 Å². The van der Waals surface area contributed by atoms with Gasteiger partial charge in [0.25, 0.3) is 0 Å². The number of rotatable bonds is 5. The molecule has 0 spiro atoms. The van der Waals surface area contributed by atoms with Gasteiger partial charge in [-0.15, -0.1) is 11.3 Å². The summed E-state index contributed by atoms with van der Waals surface area (Å²) in [4.78, 5) is 18.4. The second kappa shape index (κ2) is 8.27. The van der Waals surface area contributed by atoms with Gasteiger partial charge in [-0.2, -0.15) is 0 Å². The first kappa shape index (κ1) is 18.8. The van der Waals surface area contributed by atoms with E-state index in [4.69, 9.17) is 9.97 Å². The van der Waals surface area contributed by atoms with Gasteiger partial charge in [-0.25, -0.2) is 9.97 Å². The van der Waals surface area contributed by atoms with Crippen LogP contribution in [0.25, 0.3) is 10.2 Å². The SMILES string of the molecule is CCCCc1nc(N2CCN(C3CCCC3)CC2)c2c3c(sc2n1)CCCC3. The number of hydrogen-bond acceptors (Lipinski definition) is 5. The maximum Gasteiger partial charge on any atom is 0.141 e. The zero-order valence-electron chi connectivity index (χ0n) is 17.4. The third-order valence-corrected chi connectivity index (χ3v) is 8.24. The van der Waals surface area contributed by atoms with E-state index in [0.29, 0.717) is 0 Å². The zero-order chi connectivity index (χ0) is 18.9. The molecule has 0 atom stereocenters. The first-order chi connectivity index (χ1) is 13.8. The number of thiophene rings is 1. The average Bonchev–Trinajstić information content (AvgIpc) is 3.39. The molecule has 5 rings (SSSR count). The first-order valence-electron chi connectivity index (χ1n) is 11.6. The highest BCUT2D eigenvalue weighted by Gasteiger charge is 2.29. The molecule has 1 aliphatic heterocycles. The topological polar surface area (TPSA) is 32.3 Å². The molecule has 2 aromatic rings. The number of nitrogens with zero attached hydrogens (tertiary/aromatic N) is 4. The summed E-state index contributed by atoms with van der Waals surface area (Å²) in [5.41, 5.74) is 1.58. The van der Waals surface area contributed by atoms with Crippen LogP contribution in [0.3, 0.4) is 0 Å². The minimum atomic E-state index is 0.849. The number of aryl methyl sites for hydroxylation is 3. The molecule has 0 aromatic carbocycles. The molecule has 5 heteroatoms. The highest BCUT2D eigenvalue weighted by atomic mass is 32.1. The molecule has 1 saturated carbocycles. The fourth-order valence-electron chi connectivity index (χ4n) is 5.42. The molecule has 0 amide bonds. The highest BCUT2D eigenvalue weighted by molar-refractivity contribution is 7.19. The van der Waals surface area contributed by atoms with Crippen LogP contribution < -0.4 is 4.90 Å². The van der Waals surface area contributed by atoms with E-state index in [1.54, 1.807) is 10.4 Å².